The molecule has 0 saturated carbocycles. The van der Waals surface area contributed by atoms with Gasteiger partial charge in [-0.25, -0.2) is 4.39 Å². The maximum Gasteiger partial charge on any atom is 0.495 e. The van der Waals surface area contributed by atoms with Crippen molar-refractivity contribution in [1.82, 2.24) is 4.90 Å². The van der Waals surface area contributed by atoms with E-state index in [0.717, 1.165) is 31.4 Å². The third-order valence-corrected chi connectivity index (χ3v) is 5.66. The first-order valence-corrected chi connectivity index (χ1v) is 9.11. The molecule has 0 bridgehead atoms. The zero-order chi connectivity index (χ0) is 18.2. The Balaban J connectivity index is 1.83. The highest BCUT2D eigenvalue weighted by Gasteiger charge is 2.52. The number of likely N-dealkylation sites (tertiary alicyclic amines) is 1. The Kier molecular flexibility index (Phi) is 4.95. The Labute approximate surface area is 149 Å². The first kappa shape index (κ1) is 18.4. The van der Waals surface area contributed by atoms with Gasteiger partial charge in [0.25, 0.3) is 0 Å². The van der Waals surface area contributed by atoms with Gasteiger partial charge in [0.1, 0.15) is 5.82 Å². The zero-order valence-corrected chi connectivity index (χ0v) is 15.6. The second kappa shape index (κ2) is 6.73. The lowest BCUT2D eigenvalue weighted by molar-refractivity contribution is -0.131. The molecule has 0 atom stereocenters. The molecule has 0 unspecified atom stereocenters. The Hall–Kier alpha value is -1.40. The summed E-state index contributed by atoms with van der Waals surface area (Å²) in [5, 5.41) is 0. The highest BCUT2D eigenvalue weighted by atomic mass is 19.1. The summed E-state index contributed by atoms with van der Waals surface area (Å²) in [5.74, 6) is -0.301. The lowest BCUT2D eigenvalue weighted by atomic mass is 9.75. The topological polar surface area (TPSA) is 38.8 Å². The van der Waals surface area contributed by atoms with Crippen LogP contribution in [0, 0.1) is 5.82 Å². The van der Waals surface area contributed by atoms with Crippen LogP contribution in [-0.2, 0) is 20.5 Å². The van der Waals surface area contributed by atoms with Gasteiger partial charge < -0.3 is 14.2 Å². The predicted octanol–water partition coefficient (Wildman–Crippen LogP) is 2.68. The van der Waals surface area contributed by atoms with Gasteiger partial charge in [-0.1, -0.05) is 6.07 Å². The molecule has 25 heavy (non-hydrogen) atoms. The summed E-state index contributed by atoms with van der Waals surface area (Å²) in [7, 11) is -0.588. The van der Waals surface area contributed by atoms with Crippen molar-refractivity contribution in [3.63, 3.8) is 0 Å². The SMILES string of the molecule is CC1(C)OB(c2ccc(F)cc2CC(=O)N2CCCCC2)OC1(C)C. The summed E-state index contributed by atoms with van der Waals surface area (Å²) >= 11 is 0. The fourth-order valence-corrected chi connectivity index (χ4v) is 3.35. The average Bonchev–Trinajstić information content (AvgIpc) is 2.76. The summed E-state index contributed by atoms with van der Waals surface area (Å²) < 4.78 is 26.0. The minimum absolute atomic E-state index is 0.0445. The highest BCUT2D eigenvalue weighted by Crippen LogP contribution is 2.36. The van der Waals surface area contributed by atoms with Crippen molar-refractivity contribution in [1.29, 1.82) is 0 Å². The summed E-state index contributed by atoms with van der Waals surface area (Å²) in [5.41, 5.74) is 0.444. The van der Waals surface area contributed by atoms with Crippen LogP contribution in [0.2, 0.25) is 0 Å². The van der Waals surface area contributed by atoms with Crippen LogP contribution in [0.4, 0.5) is 4.39 Å². The van der Waals surface area contributed by atoms with E-state index in [1.807, 2.05) is 32.6 Å². The van der Waals surface area contributed by atoms with Gasteiger partial charge in [-0.05, 0) is 70.1 Å². The molecule has 1 amide bonds. The molecule has 2 aliphatic rings. The van der Waals surface area contributed by atoms with E-state index in [2.05, 4.69) is 0 Å². The molecule has 136 valence electrons. The van der Waals surface area contributed by atoms with E-state index in [0.29, 0.717) is 5.56 Å². The number of nitrogens with zero attached hydrogens (tertiary/aromatic N) is 1. The molecular formula is C19H27BFNO3. The number of carbonyl (C=O) groups excluding carboxylic acids is 1. The minimum Gasteiger partial charge on any atom is -0.399 e. The van der Waals surface area contributed by atoms with E-state index in [1.54, 1.807) is 6.07 Å². The fraction of sp³-hybridized carbons (Fsp3) is 0.632. The molecule has 0 radical (unpaired) electrons. The maximum atomic E-state index is 13.8. The van der Waals surface area contributed by atoms with Crippen molar-refractivity contribution >= 4 is 18.5 Å². The smallest absolute Gasteiger partial charge is 0.399 e. The van der Waals surface area contributed by atoms with E-state index >= 15 is 0 Å². The third-order valence-electron chi connectivity index (χ3n) is 5.66. The zero-order valence-electron chi connectivity index (χ0n) is 15.6. The molecule has 2 fully saturated rings. The first-order valence-electron chi connectivity index (χ1n) is 9.11. The van der Waals surface area contributed by atoms with Crippen LogP contribution in [0.5, 0.6) is 0 Å². The van der Waals surface area contributed by atoms with Crippen LogP contribution in [0.25, 0.3) is 0 Å². The van der Waals surface area contributed by atoms with Crippen LogP contribution >= 0.6 is 0 Å². The van der Waals surface area contributed by atoms with Gasteiger partial charge >= 0.3 is 7.12 Å². The van der Waals surface area contributed by atoms with Gasteiger partial charge in [0.15, 0.2) is 0 Å². The quantitative estimate of drug-likeness (QED) is 0.790. The van der Waals surface area contributed by atoms with Gasteiger partial charge in [-0.3, -0.25) is 4.79 Å². The number of piperidine rings is 1. The Bertz CT molecular complexity index is 640. The molecule has 1 aromatic carbocycles. The van der Waals surface area contributed by atoms with Crippen molar-refractivity contribution in [3.8, 4) is 0 Å². The van der Waals surface area contributed by atoms with Gasteiger partial charge in [0.05, 0.1) is 17.6 Å². The van der Waals surface area contributed by atoms with Crippen molar-refractivity contribution in [2.45, 2.75) is 64.6 Å². The van der Waals surface area contributed by atoms with E-state index in [1.165, 1.54) is 18.6 Å². The molecule has 2 heterocycles. The molecule has 1 aromatic rings. The minimum atomic E-state index is -0.588. The Morgan fingerprint density at radius 2 is 1.72 bits per heavy atom. The Morgan fingerprint density at radius 1 is 1.12 bits per heavy atom. The number of benzene rings is 1. The second-order valence-electron chi connectivity index (χ2n) is 8.05. The molecule has 0 aromatic heterocycles. The normalized spacial score (nSPS) is 22.3. The second-order valence-corrected chi connectivity index (χ2v) is 8.05. The van der Waals surface area contributed by atoms with Gasteiger partial charge in [-0.2, -0.15) is 0 Å². The summed E-state index contributed by atoms with van der Waals surface area (Å²) in [6.45, 7) is 9.51. The number of hydrogen-bond acceptors (Lipinski definition) is 3. The largest absolute Gasteiger partial charge is 0.495 e. The van der Waals surface area contributed by atoms with E-state index < -0.39 is 18.3 Å². The lowest BCUT2D eigenvalue weighted by Gasteiger charge is -2.32. The number of rotatable bonds is 3. The molecule has 0 spiro atoms. The van der Waals surface area contributed by atoms with Crippen LogP contribution < -0.4 is 5.46 Å². The monoisotopic (exact) mass is 347 g/mol. The van der Waals surface area contributed by atoms with Gasteiger partial charge in [0.2, 0.25) is 5.91 Å². The molecular weight excluding hydrogens is 320 g/mol. The van der Waals surface area contributed by atoms with Crippen molar-refractivity contribution in [2.24, 2.45) is 0 Å². The van der Waals surface area contributed by atoms with Crippen LogP contribution in [-0.4, -0.2) is 42.2 Å². The summed E-state index contributed by atoms with van der Waals surface area (Å²) in [4.78, 5) is 14.5. The Morgan fingerprint density at radius 3 is 2.32 bits per heavy atom. The van der Waals surface area contributed by atoms with Crippen LogP contribution in [0.15, 0.2) is 18.2 Å². The standard InChI is InChI=1S/C19H27BFNO3/c1-18(2)19(3,4)25-20(24-18)16-9-8-15(21)12-14(16)13-17(23)22-10-6-5-7-11-22/h8-9,12H,5-7,10-11,13H2,1-4H3. The third kappa shape index (κ3) is 3.75. The van der Waals surface area contributed by atoms with E-state index in [-0.39, 0.29) is 18.1 Å². The van der Waals surface area contributed by atoms with E-state index in [9.17, 15) is 9.18 Å². The molecule has 4 nitrogen and oxygen atoms in total. The molecule has 3 rings (SSSR count). The molecule has 2 saturated heterocycles. The lowest BCUT2D eigenvalue weighted by Crippen LogP contribution is -2.41. The summed E-state index contributed by atoms with van der Waals surface area (Å²) in [6.07, 6.45) is 3.43. The van der Waals surface area contributed by atoms with Crippen molar-refractivity contribution < 1.29 is 18.5 Å². The molecule has 0 aliphatic carbocycles. The van der Waals surface area contributed by atoms with Gasteiger partial charge in [-0.15, -0.1) is 0 Å². The summed E-state index contributed by atoms with van der Waals surface area (Å²) in [6, 6.07) is 4.51. The predicted molar refractivity (Wildman–Crippen MR) is 96.3 cm³/mol. The molecule has 6 heteroatoms. The van der Waals surface area contributed by atoms with Crippen molar-refractivity contribution in [2.75, 3.05) is 13.1 Å². The van der Waals surface area contributed by atoms with Crippen LogP contribution in [0.1, 0.15) is 52.5 Å². The first-order chi connectivity index (χ1) is 11.7. The maximum absolute atomic E-state index is 13.8. The highest BCUT2D eigenvalue weighted by molar-refractivity contribution is 6.62. The van der Waals surface area contributed by atoms with Crippen LogP contribution in [0.3, 0.4) is 0 Å². The number of halogens is 1. The molecule has 2 aliphatic heterocycles. The number of amides is 1. The number of hydrogen-bond donors (Lipinski definition) is 0. The number of carbonyl (C=O) groups is 1. The van der Waals surface area contributed by atoms with Crippen molar-refractivity contribution in [3.05, 3.63) is 29.6 Å². The van der Waals surface area contributed by atoms with E-state index in [4.69, 9.17) is 9.31 Å². The fourth-order valence-electron chi connectivity index (χ4n) is 3.35. The molecule has 0 N–H and O–H groups in total. The van der Waals surface area contributed by atoms with Gasteiger partial charge in [0, 0.05) is 13.1 Å². The average molecular weight is 347 g/mol.